The molecule has 0 aliphatic carbocycles. The quantitative estimate of drug-likeness (QED) is 0.361. The van der Waals surface area contributed by atoms with Crippen molar-refractivity contribution in [2.45, 2.75) is 17.7 Å². The van der Waals surface area contributed by atoms with Gasteiger partial charge in [-0.25, -0.2) is 8.42 Å². The van der Waals surface area contributed by atoms with E-state index in [1.54, 1.807) is 30.3 Å². The molecule has 3 N–H and O–H groups in total. The Hall–Kier alpha value is -3.98. The third-order valence-corrected chi connectivity index (χ3v) is 7.16. The fourth-order valence-electron chi connectivity index (χ4n) is 3.97. The number of aromatic nitrogens is 1. The van der Waals surface area contributed by atoms with Gasteiger partial charge in [0, 0.05) is 47.4 Å². The lowest BCUT2D eigenvalue weighted by Crippen LogP contribution is -2.25. The topological polar surface area (TPSA) is 110 Å². The highest BCUT2D eigenvalue weighted by molar-refractivity contribution is 7.92. The predicted molar refractivity (Wildman–Crippen MR) is 134 cm³/mol. The number of fused-ring (bicyclic) bond motifs is 2. The Morgan fingerprint density at radius 3 is 2.54 bits per heavy atom. The lowest BCUT2D eigenvalue weighted by molar-refractivity contribution is 0.0954. The summed E-state index contributed by atoms with van der Waals surface area (Å²) < 4.78 is 39.4. The Morgan fingerprint density at radius 1 is 0.943 bits per heavy atom. The predicted octanol–water partition coefficient (Wildman–Crippen LogP) is 4.10. The number of hydrogen-bond acceptors (Lipinski definition) is 5. The van der Waals surface area contributed by atoms with Gasteiger partial charge in [0.05, 0.1) is 18.1 Å². The number of sulfonamides is 1. The molecule has 0 spiro atoms. The molecule has 1 amide bonds. The number of anilines is 1. The van der Waals surface area contributed by atoms with Crippen LogP contribution in [0.5, 0.6) is 11.5 Å². The molecule has 9 heteroatoms. The summed E-state index contributed by atoms with van der Waals surface area (Å²) in [5.41, 5.74) is 3.01. The van der Waals surface area contributed by atoms with Gasteiger partial charge in [-0.2, -0.15) is 0 Å². The first kappa shape index (κ1) is 22.8. The molecule has 4 aromatic rings. The highest BCUT2D eigenvalue weighted by Crippen LogP contribution is 2.32. The molecule has 8 nitrogen and oxygen atoms in total. The van der Waals surface area contributed by atoms with Crippen LogP contribution in [0.2, 0.25) is 0 Å². The summed E-state index contributed by atoms with van der Waals surface area (Å²) in [6.07, 6.45) is 3.39. The summed E-state index contributed by atoms with van der Waals surface area (Å²) in [5.74, 6) is 0.716. The van der Waals surface area contributed by atoms with Crippen LogP contribution < -0.4 is 19.5 Å². The first-order valence-corrected chi connectivity index (χ1v) is 12.8. The molecular weight excluding hydrogens is 466 g/mol. The zero-order valence-corrected chi connectivity index (χ0v) is 19.7. The van der Waals surface area contributed by atoms with Gasteiger partial charge in [0.1, 0.15) is 0 Å². The minimum atomic E-state index is -3.84. The number of benzene rings is 3. The highest BCUT2D eigenvalue weighted by atomic mass is 32.2. The van der Waals surface area contributed by atoms with Crippen LogP contribution in [0.4, 0.5) is 5.69 Å². The van der Waals surface area contributed by atoms with Gasteiger partial charge in [0.2, 0.25) is 0 Å². The summed E-state index contributed by atoms with van der Waals surface area (Å²) in [6.45, 7) is 1.48. The van der Waals surface area contributed by atoms with Crippen molar-refractivity contribution in [3.05, 3.63) is 84.1 Å². The second-order valence-corrected chi connectivity index (χ2v) is 9.89. The number of carbonyl (C=O) groups is 1. The van der Waals surface area contributed by atoms with Crippen molar-refractivity contribution in [3.63, 3.8) is 0 Å². The van der Waals surface area contributed by atoms with E-state index in [1.165, 1.54) is 12.1 Å². The van der Waals surface area contributed by atoms with Crippen LogP contribution >= 0.6 is 0 Å². The lowest BCUT2D eigenvalue weighted by atomic mass is 10.1. The summed E-state index contributed by atoms with van der Waals surface area (Å²) in [7, 11) is -3.84. The standard InChI is InChI=1S/C26H25N3O5S/c30-26(27-13-12-19-17-28-23-5-2-1-4-22(19)23)18-6-8-20(9-7-18)29-35(31,32)21-10-11-24-25(16-21)34-15-3-14-33-24/h1-2,4-11,16-17,28-29H,3,12-15H2,(H,27,30). The van der Waals surface area contributed by atoms with Crippen molar-refractivity contribution in [2.24, 2.45) is 0 Å². The molecule has 0 saturated carbocycles. The Kier molecular flexibility index (Phi) is 6.33. The maximum absolute atomic E-state index is 12.8. The first-order valence-electron chi connectivity index (χ1n) is 11.4. The van der Waals surface area contributed by atoms with E-state index in [9.17, 15) is 13.2 Å². The molecule has 5 rings (SSSR count). The Bertz CT molecular complexity index is 1460. The van der Waals surface area contributed by atoms with Gasteiger partial charge >= 0.3 is 0 Å². The second kappa shape index (κ2) is 9.71. The van der Waals surface area contributed by atoms with Gasteiger partial charge in [-0.15, -0.1) is 0 Å². The number of aromatic amines is 1. The van der Waals surface area contributed by atoms with Crippen molar-refractivity contribution in [1.29, 1.82) is 0 Å². The van der Waals surface area contributed by atoms with E-state index >= 15 is 0 Å². The number of ether oxygens (including phenoxy) is 2. The minimum absolute atomic E-state index is 0.0702. The Morgan fingerprint density at radius 2 is 1.71 bits per heavy atom. The normalized spacial score (nSPS) is 13.3. The fraction of sp³-hybridized carbons (Fsp3) is 0.192. The molecule has 0 unspecified atom stereocenters. The summed E-state index contributed by atoms with van der Waals surface area (Å²) in [6, 6.07) is 18.9. The number of carbonyl (C=O) groups excluding carboxylic acids is 1. The van der Waals surface area contributed by atoms with E-state index in [0.29, 0.717) is 48.9 Å². The molecule has 0 fully saturated rings. The maximum atomic E-state index is 12.8. The van der Waals surface area contributed by atoms with Crippen LogP contribution in [0.3, 0.4) is 0 Å². The van der Waals surface area contributed by atoms with Gasteiger partial charge < -0.3 is 19.8 Å². The fourth-order valence-corrected chi connectivity index (χ4v) is 5.04. The highest BCUT2D eigenvalue weighted by Gasteiger charge is 2.19. The smallest absolute Gasteiger partial charge is 0.262 e. The van der Waals surface area contributed by atoms with E-state index in [2.05, 4.69) is 21.1 Å². The third-order valence-electron chi connectivity index (χ3n) is 5.78. The lowest BCUT2D eigenvalue weighted by Gasteiger charge is -2.12. The monoisotopic (exact) mass is 491 g/mol. The number of nitrogens with one attached hydrogen (secondary N) is 3. The molecule has 1 aliphatic heterocycles. The summed E-state index contributed by atoms with van der Waals surface area (Å²) >= 11 is 0. The molecule has 0 atom stereocenters. The van der Waals surface area contributed by atoms with E-state index in [4.69, 9.17) is 9.47 Å². The molecule has 0 radical (unpaired) electrons. The van der Waals surface area contributed by atoms with Gasteiger partial charge in [-0.1, -0.05) is 18.2 Å². The van der Waals surface area contributed by atoms with E-state index < -0.39 is 10.0 Å². The summed E-state index contributed by atoms with van der Waals surface area (Å²) in [5, 5.41) is 4.06. The van der Waals surface area contributed by atoms with Crippen LogP contribution in [-0.4, -0.2) is 39.1 Å². The molecule has 3 aromatic carbocycles. The van der Waals surface area contributed by atoms with Crippen LogP contribution in [0.25, 0.3) is 10.9 Å². The van der Waals surface area contributed by atoms with E-state index in [0.717, 1.165) is 22.9 Å². The molecule has 0 bridgehead atoms. The zero-order valence-electron chi connectivity index (χ0n) is 18.9. The van der Waals surface area contributed by atoms with Crippen LogP contribution in [0.15, 0.2) is 77.8 Å². The van der Waals surface area contributed by atoms with Gasteiger partial charge in [-0.05, 0) is 54.4 Å². The third kappa shape index (κ3) is 5.09. The van der Waals surface area contributed by atoms with Crippen LogP contribution in [0.1, 0.15) is 22.3 Å². The van der Waals surface area contributed by atoms with Gasteiger partial charge in [0.15, 0.2) is 11.5 Å². The number of amides is 1. The van der Waals surface area contributed by atoms with E-state index in [1.807, 2.05) is 24.4 Å². The van der Waals surface area contributed by atoms with Crippen molar-refractivity contribution < 1.29 is 22.7 Å². The van der Waals surface area contributed by atoms with Crippen LogP contribution in [-0.2, 0) is 16.4 Å². The zero-order chi connectivity index (χ0) is 24.3. The number of para-hydroxylation sites is 1. The molecule has 180 valence electrons. The average Bonchev–Trinajstić information content (AvgIpc) is 3.12. The van der Waals surface area contributed by atoms with Crippen molar-refractivity contribution in [1.82, 2.24) is 10.3 Å². The molecule has 1 aromatic heterocycles. The SMILES string of the molecule is O=C(NCCc1c[nH]c2ccccc12)c1ccc(NS(=O)(=O)c2ccc3c(c2)OCCCO3)cc1. The second-order valence-electron chi connectivity index (χ2n) is 8.21. The van der Waals surface area contributed by atoms with Gasteiger partial charge in [0.25, 0.3) is 15.9 Å². The Balaban J connectivity index is 1.20. The van der Waals surface area contributed by atoms with Crippen molar-refractivity contribution in [3.8, 4) is 11.5 Å². The first-order chi connectivity index (χ1) is 17.0. The average molecular weight is 492 g/mol. The van der Waals surface area contributed by atoms with Crippen molar-refractivity contribution >= 4 is 32.5 Å². The largest absolute Gasteiger partial charge is 0.490 e. The van der Waals surface area contributed by atoms with Gasteiger partial charge in [-0.3, -0.25) is 9.52 Å². The molecule has 0 saturated heterocycles. The molecule has 35 heavy (non-hydrogen) atoms. The number of hydrogen-bond donors (Lipinski definition) is 3. The van der Waals surface area contributed by atoms with E-state index in [-0.39, 0.29) is 10.8 Å². The summed E-state index contributed by atoms with van der Waals surface area (Å²) in [4.78, 5) is 15.8. The number of H-pyrrole nitrogens is 1. The Labute approximate surface area is 203 Å². The molecule has 1 aliphatic rings. The minimum Gasteiger partial charge on any atom is -0.490 e. The molecular formula is C26H25N3O5S. The van der Waals surface area contributed by atoms with Crippen LogP contribution in [0, 0.1) is 0 Å². The maximum Gasteiger partial charge on any atom is 0.262 e. The number of rotatable bonds is 7. The molecule has 2 heterocycles. The van der Waals surface area contributed by atoms with Crippen molar-refractivity contribution in [2.75, 3.05) is 24.5 Å².